The van der Waals surface area contributed by atoms with Crippen molar-refractivity contribution in [2.45, 2.75) is 19.8 Å². The summed E-state index contributed by atoms with van der Waals surface area (Å²) in [6, 6.07) is 13.5. The number of likely N-dealkylation sites (N-methyl/N-ethyl adjacent to an activating group) is 1. The van der Waals surface area contributed by atoms with Crippen molar-refractivity contribution in [2.24, 2.45) is 0 Å². The van der Waals surface area contributed by atoms with Crippen LogP contribution in [0.2, 0.25) is 0 Å². The number of hydrogen-bond acceptors (Lipinski definition) is 2. The molecule has 128 valence electrons. The van der Waals surface area contributed by atoms with E-state index in [-0.39, 0.29) is 11.8 Å². The minimum Gasteiger partial charge on any atom is -0.492 e. The molecule has 1 N–H and O–H groups in total. The molecule has 0 saturated heterocycles. The van der Waals surface area contributed by atoms with Gasteiger partial charge in [0.05, 0.1) is 6.54 Å². The fourth-order valence-electron chi connectivity index (χ4n) is 2.20. The molecule has 0 heterocycles. The molecule has 0 aliphatic carbocycles. The molecule has 5 heteroatoms. The maximum atomic E-state index is 12.8. The first-order valence-electron chi connectivity index (χ1n) is 8.08. The predicted molar refractivity (Wildman–Crippen MR) is 94.0 cm³/mol. The first-order chi connectivity index (χ1) is 11.6. The molecule has 0 fully saturated rings. The molecule has 4 nitrogen and oxygen atoms in total. The first kappa shape index (κ1) is 17.8. The fourth-order valence-corrected chi connectivity index (χ4v) is 2.20. The van der Waals surface area contributed by atoms with Crippen LogP contribution < -0.4 is 10.1 Å². The number of anilines is 1. The summed E-state index contributed by atoms with van der Waals surface area (Å²) in [6.45, 7) is 2.90. The lowest BCUT2D eigenvalue weighted by Crippen LogP contribution is -2.34. The number of nitrogens with one attached hydrogen (secondary N) is 1. The number of carbonyl (C=O) groups is 1. The molecule has 0 saturated carbocycles. The van der Waals surface area contributed by atoms with E-state index in [2.05, 4.69) is 12.2 Å². The van der Waals surface area contributed by atoms with Crippen LogP contribution in [0, 0.1) is 5.82 Å². The minimum atomic E-state index is -0.302. The molecule has 2 aromatic rings. The van der Waals surface area contributed by atoms with Gasteiger partial charge in [0, 0.05) is 12.7 Å². The van der Waals surface area contributed by atoms with E-state index in [1.54, 1.807) is 24.1 Å². The Morgan fingerprint density at radius 2 is 1.79 bits per heavy atom. The highest BCUT2D eigenvalue weighted by Gasteiger charge is 2.08. The van der Waals surface area contributed by atoms with Gasteiger partial charge in [-0.25, -0.2) is 9.18 Å². The van der Waals surface area contributed by atoms with Crippen molar-refractivity contribution in [3.8, 4) is 5.75 Å². The third-order valence-electron chi connectivity index (χ3n) is 3.60. The molecule has 0 spiro atoms. The summed E-state index contributed by atoms with van der Waals surface area (Å²) in [5, 5.41) is 2.85. The molecule has 0 bridgehead atoms. The van der Waals surface area contributed by atoms with E-state index in [0.29, 0.717) is 18.9 Å². The van der Waals surface area contributed by atoms with Crippen LogP contribution >= 0.6 is 0 Å². The average molecular weight is 330 g/mol. The molecule has 0 aliphatic rings. The van der Waals surface area contributed by atoms with Gasteiger partial charge in [0.15, 0.2) is 0 Å². The number of urea groups is 1. The summed E-state index contributed by atoms with van der Waals surface area (Å²) in [7, 11) is 1.70. The van der Waals surface area contributed by atoms with Gasteiger partial charge >= 0.3 is 6.03 Å². The number of rotatable bonds is 7. The van der Waals surface area contributed by atoms with Gasteiger partial charge in [0.1, 0.15) is 18.2 Å². The van der Waals surface area contributed by atoms with Crippen molar-refractivity contribution in [2.75, 3.05) is 25.5 Å². The van der Waals surface area contributed by atoms with Crippen molar-refractivity contribution in [1.82, 2.24) is 4.90 Å². The van der Waals surface area contributed by atoms with E-state index in [0.717, 1.165) is 18.5 Å². The number of halogens is 1. The second kappa shape index (κ2) is 8.91. The second-order valence-corrected chi connectivity index (χ2v) is 5.60. The van der Waals surface area contributed by atoms with Gasteiger partial charge in [-0.2, -0.15) is 0 Å². The van der Waals surface area contributed by atoms with E-state index in [4.69, 9.17) is 4.74 Å². The summed E-state index contributed by atoms with van der Waals surface area (Å²) >= 11 is 0. The van der Waals surface area contributed by atoms with Crippen LogP contribution in [0.25, 0.3) is 0 Å². The van der Waals surface area contributed by atoms with Gasteiger partial charge in [-0.15, -0.1) is 0 Å². The van der Waals surface area contributed by atoms with Crippen molar-refractivity contribution in [3.63, 3.8) is 0 Å². The van der Waals surface area contributed by atoms with Crippen molar-refractivity contribution < 1.29 is 13.9 Å². The molecule has 2 amide bonds. The smallest absolute Gasteiger partial charge is 0.321 e. The summed E-state index contributed by atoms with van der Waals surface area (Å²) in [6.07, 6.45) is 2.14. The second-order valence-electron chi connectivity index (χ2n) is 5.60. The molecule has 24 heavy (non-hydrogen) atoms. The first-order valence-corrected chi connectivity index (χ1v) is 8.08. The molecule has 0 unspecified atom stereocenters. The Bertz CT molecular complexity index is 641. The van der Waals surface area contributed by atoms with Crippen LogP contribution in [0.15, 0.2) is 48.5 Å². The quantitative estimate of drug-likeness (QED) is 0.821. The fraction of sp³-hybridized carbons (Fsp3) is 0.316. The number of ether oxygens (including phenoxy) is 1. The predicted octanol–water partition coefficient (Wildman–Crippen LogP) is 4.32. The van der Waals surface area contributed by atoms with Gasteiger partial charge < -0.3 is 15.0 Å². The zero-order valence-electron chi connectivity index (χ0n) is 14.1. The van der Waals surface area contributed by atoms with Gasteiger partial charge in [-0.05, 0) is 48.4 Å². The highest BCUT2D eigenvalue weighted by atomic mass is 19.1. The summed E-state index contributed by atoms with van der Waals surface area (Å²) in [5.41, 5.74) is 2.03. The summed E-state index contributed by atoms with van der Waals surface area (Å²) in [4.78, 5) is 13.7. The minimum absolute atomic E-state index is 0.194. The third kappa shape index (κ3) is 5.57. The topological polar surface area (TPSA) is 41.6 Å². The van der Waals surface area contributed by atoms with Crippen LogP contribution in [0.1, 0.15) is 18.9 Å². The Morgan fingerprint density at radius 3 is 2.42 bits per heavy atom. The third-order valence-corrected chi connectivity index (χ3v) is 3.60. The maximum Gasteiger partial charge on any atom is 0.321 e. The number of nitrogens with zero attached hydrogens (tertiary/aromatic N) is 1. The molecule has 2 aromatic carbocycles. The average Bonchev–Trinajstić information content (AvgIpc) is 2.58. The van der Waals surface area contributed by atoms with Crippen LogP contribution in [0.5, 0.6) is 5.75 Å². The number of benzene rings is 2. The van der Waals surface area contributed by atoms with Crippen LogP contribution in [0.3, 0.4) is 0 Å². The van der Waals surface area contributed by atoms with Gasteiger partial charge in [0.2, 0.25) is 0 Å². The Hall–Kier alpha value is -2.56. The van der Waals surface area contributed by atoms with E-state index in [1.807, 2.05) is 24.3 Å². The van der Waals surface area contributed by atoms with E-state index >= 15 is 0 Å². The number of amides is 2. The van der Waals surface area contributed by atoms with Crippen LogP contribution in [0.4, 0.5) is 14.9 Å². The zero-order valence-corrected chi connectivity index (χ0v) is 14.1. The highest BCUT2D eigenvalue weighted by molar-refractivity contribution is 5.89. The lowest BCUT2D eigenvalue weighted by Gasteiger charge is -2.18. The summed E-state index contributed by atoms with van der Waals surface area (Å²) < 4.78 is 18.3. The van der Waals surface area contributed by atoms with Crippen LogP contribution in [-0.4, -0.2) is 31.1 Å². The molecule has 0 atom stereocenters. The van der Waals surface area contributed by atoms with Crippen molar-refractivity contribution in [1.29, 1.82) is 0 Å². The van der Waals surface area contributed by atoms with E-state index in [1.165, 1.54) is 17.7 Å². The highest BCUT2D eigenvalue weighted by Crippen LogP contribution is 2.12. The SMILES string of the molecule is CCCc1ccc(NC(=O)N(C)CCOc2ccc(F)cc2)cc1. The molecule has 2 rings (SSSR count). The Kier molecular flexibility index (Phi) is 6.61. The standard InChI is InChI=1S/C19H23FN2O2/c1-3-4-15-5-9-17(10-6-15)21-19(23)22(2)13-14-24-18-11-7-16(20)8-12-18/h5-12H,3-4,13-14H2,1-2H3,(H,21,23). The van der Waals surface area contributed by atoms with Gasteiger partial charge in [-0.1, -0.05) is 25.5 Å². The number of aryl methyl sites for hydroxylation is 1. The molecule has 0 radical (unpaired) electrons. The Labute approximate surface area is 142 Å². The van der Waals surface area contributed by atoms with Gasteiger partial charge in [0.25, 0.3) is 0 Å². The largest absolute Gasteiger partial charge is 0.492 e. The Balaban J connectivity index is 1.76. The van der Waals surface area contributed by atoms with Crippen molar-refractivity contribution in [3.05, 3.63) is 59.9 Å². The lowest BCUT2D eigenvalue weighted by atomic mass is 10.1. The van der Waals surface area contributed by atoms with Crippen LogP contribution in [-0.2, 0) is 6.42 Å². The van der Waals surface area contributed by atoms with Gasteiger partial charge in [-0.3, -0.25) is 0 Å². The van der Waals surface area contributed by atoms with Crippen molar-refractivity contribution >= 4 is 11.7 Å². The molecular formula is C19H23FN2O2. The molecular weight excluding hydrogens is 307 g/mol. The molecule has 0 aromatic heterocycles. The lowest BCUT2D eigenvalue weighted by molar-refractivity contribution is 0.207. The monoisotopic (exact) mass is 330 g/mol. The normalized spacial score (nSPS) is 10.3. The number of hydrogen-bond donors (Lipinski definition) is 1. The maximum absolute atomic E-state index is 12.8. The zero-order chi connectivity index (χ0) is 17.4. The number of carbonyl (C=O) groups excluding carboxylic acids is 1. The van der Waals surface area contributed by atoms with E-state index in [9.17, 15) is 9.18 Å². The van der Waals surface area contributed by atoms with E-state index < -0.39 is 0 Å². The molecule has 0 aliphatic heterocycles. The Morgan fingerprint density at radius 1 is 1.12 bits per heavy atom. The summed E-state index contributed by atoms with van der Waals surface area (Å²) in [5.74, 6) is 0.278.